The van der Waals surface area contributed by atoms with E-state index >= 15 is 0 Å². The van der Waals surface area contributed by atoms with Crippen LogP contribution in [-0.4, -0.2) is 40.1 Å². The molecular formula is C30H37N5O3. The van der Waals surface area contributed by atoms with Gasteiger partial charge in [-0.15, -0.1) is 0 Å². The van der Waals surface area contributed by atoms with Gasteiger partial charge in [0.15, 0.2) is 0 Å². The third-order valence-electron chi connectivity index (χ3n) is 7.93. The number of amides is 1. The van der Waals surface area contributed by atoms with Gasteiger partial charge in [0.2, 0.25) is 5.91 Å². The van der Waals surface area contributed by atoms with E-state index in [0.717, 1.165) is 65.7 Å². The zero-order valence-electron chi connectivity index (χ0n) is 22.5. The van der Waals surface area contributed by atoms with Crippen molar-refractivity contribution in [2.45, 2.75) is 69.7 Å². The predicted molar refractivity (Wildman–Crippen MR) is 148 cm³/mol. The lowest BCUT2D eigenvalue weighted by Gasteiger charge is -2.38. The molecule has 1 saturated carbocycles. The third-order valence-corrected chi connectivity index (χ3v) is 7.93. The second-order valence-electron chi connectivity index (χ2n) is 10.6. The number of hydrogen-bond donors (Lipinski definition) is 3. The molecule has 0 saturated heterocycles. The number of hydrogen-bond acceptors (Lipinski definition) is 6. The Morgan fingerprint density at radius 3 is 2.71 bits per heavy atom. The summed E-state index contributed by atoms with van der Waals surface area (Å²) >= 11 is 0. The number of oxazole rings is 1. The van der Waals surface area contributed by atoms with Gasteiger partial charge in [0.05, 0.1) is 19.0 Å². The number of carbonyl (C=O) groups is 1. The summed E-state index contributed by atoms with van der Waals surface area (Å²) in [6.07, 6.45) is 12.0. The van der Waals surface area contributed by atoms with Crippen LogP contribution in [0.15, 0.2) is 59.5 Å². The molecule has 0 aliphatic heterocycles. The smallest absolute Gasteiger partial charge is 0.295 e. The Morgan fingerprint density at radius 2 is 2.00 bits per heavy atom. The van der Waals surface area contributed by atoms with Crippen LogP contribution in [0.2, 0.25) is 0 Å². The highest BCUT2D eigenvalue weighted by molar-refractivity contribution is 5.91. The molecule has 1 aliphatic rings. The fraction of sp³-hybridized carbons (Fsp3) is 0.433. The Labute approximate surface area is 223 Å². The number of benzene rings is 1. The Bertz CT molecular complexity index is 1370. The summed E-state index contributed by atoms with van der Waals surface area (Å²) < 4.78 is 11.0. The van der Waals surface area contributed by atoms with Gasteiger partial charge in [-0.05, 0) is 49.9 Å². The molecule has 3 aromatic heterocycles. The van der Waals surface area contributed by atoms with Crippen LogP contribution in [0, 0.1) is 0 Å². The number of ether oxygens (including phenoxy) is 1. The first-order valence-electron chi connectivity index (χ1n) is 13.5. The van der Waals surface area contributed by atoms with E-state index in [4.69, 9.17) is 14.1 Å². The van der Waals surface area contributed by atoms with Gasteiger partial charge in [-0.2, -0.15) is 4.98 Å². The van der Waals surface area contributed by atoms with Gasteiger partial charge in [0.25, 0.3) is 6.01 Å². The molecule has 1 fully saturated rings. The molecule has 3 heterocycles. The summed E-state index contributed by atoms with van der Waals surface area (Å²) in [5.74, 6) is 0.633. The maximum Gasteiger partial charge on any atom is 0.295 e. The molecule has 1 atom stereocenters. The van der Waals surface area contributed by atoms with Crippen LogP contribution in [0.4, 0.5) is 6.01 Å². The molecule has 5 rings (SSSR count). The van der Waals surface area contributed by atoms with Crippen molar-refractivity contribution in [2.24, 2.45) is 0 Å². The molecule has 8 heteroatoms. The zero-order chi connectivity index (χ0) is 26.6. The SMILES string of the molecule is CCc1coc(NC(C)(Cc2c[nH]c3ccccc23)C(=O)NCC2(c3ccc(OC)cn3)CCCCC2)n1. The second-order valence-corrected chi connectivity index (χ2v) is 10.6. The number of anilines is 1. The quantitative estimate of drug-likeness (QED) is 0.256. The molecule has 1 amide bonds. The molecule has 4 aromatic rings. The van der Waals surface area contributed by atoms with Gasteiger partial charge < -0.3 is 24.8 Å². The summed E-state index contributed by atoms with van der Waals surface area (Å²) in [5, 5.41) is 7.74. The summed E-state index contributed by atoms with van der Waals surface area (Å²) in [5.41, 5.74) is 2.74. The number of H-pyrrole nitrogens is 1. The zero-order valence-corrected chi connectivity index (χ0v) is 22.5. The monoisotopic (exact) mass is 515 g/mol. The molecule has 1 unspecified atom stereocenters. The Hall–Kier alpha value is -3.81. The Kier molecular flexibility index (Phi) is 7.40. The van der Waals surface area contributed by atoms with Gasteiger partial charge >= 0.3 is 0 Å². The maximum absolute atomic E-state index is 14.0. The fourth-order valence-corrected chi connectivity index (χ4v) is 5.61. The third kappa shape index (κ3) is 5.26. The maximum atomic E-state index is 14.0. The highest BCUT2D eigenvalue weighted by atomic mass is 16.5. The first-order valence-corrected chi connectivity index (χ1v) is 13.5. The number of aryl methyl sites for hydroxylation is 1. The van der Waals surface area contributed by atoms with Crippen LogP contribution in [0.1, 0.15) is 62.9 Å². The van der Waals surface area contributed by atoms with Crippen molar-refractivity contribution in [1.29, 1.82) is 0 Å². The number of aromatic amines is 1. The Morgan fingerprint density at radius 1 is 1.18 bits per heavy atom. The predicted octanol–water partition coefficient (Wildman–Crippen LogP) is 5.55. The first kappa shape index (κ1) is 25.8. The molecule has 0 spiro atoms. The molecule has 0 bridgehead atoms. The second kappa shape index (κ2) is 10.9. The number of methoxy groups -OCH3 is 1. The standard InChI is InChI=1S/C30H37N5O3/c1-4-22-19-38-28(34-22)35-29(2,16-21-17-31-25-11-7-6-10-24(21)25)27(36)33-20-30(14-8-5-9-15-30)26-13-12-23(37-3)18-32-26/h6-7,10-13,17-19,31H,4-5,8-9,14-16,20H2,1-3H3,(H,33,36)(H,34,35). The van der Waals surface area contributed by atoms with Gasteiger partial charge in [-0.1, -0.05) is 44.4 Å². The Balaban J connectivity index is 1.41. The van der Waals surface area contributed by atoms with E-state index in [-0.39, 0.29) is 11.3 Å². The average Bonchev–Trinajstić information content (AvgIpc) is 3.59. The number of para-hydroxylation sites is 1. The minimum atomic E-state index is -0.996. The van der Waals surface area contributed by atoms with Gasteiger partial charge in [-0.3, -0.25) is 9.78 Å². The highest BCUT2D eigenvalue weighted by Crippen LogP contribution is 2.38. The van der Waals surface area contributed by atoms with Crippen LogP contribution >= 0.6 is 0 Å². The summed E-state index contributed by atoms with van der Waals surface area (Å²) in [6.45, 7) is 4.46. The molecule has 38 heavy (non-hydrogen) atoms. The topological polar surface area (TPSA) is 105 Å². The van der Waals surface area contributed by atoms with Crippen molar-refractivity contribution in [3.8, 4) is 5.75 Å². The molecule has 0 radical (unpaired) electrons. The largest absolute Gasteiger partial charge is 0.495 e. The molecule has 8 nitrogen and oxygen atoms in total. The van der Waals surface area contributed by atoms with Crippen molar-refractivity contribution in [2.75, 3.05) is 19.0 Å². The fourth-order valence-electron chi connectivity index (χ4n) is 5.61. The van der Waals surface area contributed by atoms with E-state index in [1.165, 1.54) is 6.42 Å². The van der Waals surface area contributed by atoms with Crippen LogP contribution in [-0.2, 0) is 23.1 Å². The molecule has 3 N–H and O–H groups in total. The number of nitrogens with one attached hydrogen (secondary N) is 3. The lowest BCUT2D eigenvalue weighted by atomic mass is 9.71. The lowest BCUT2D eigenvalue weighted by Crippen LogP contribution is -2.55. The van der Waals surface area contributed by atoms with Crippen LogP contribution in [0.25, 0.3) is 10.9 Å². The molecule has 1 aliphatic carbocycles. The molecule has 1 aromatic carbocycles. The van der Waals surface area contributed by atoms with E-state index in [0.29, 0.717) is 19.0 Å². The van der Waals surface area contributed by atoms with Gasteiger partial charge in [0, 0.05) is 41.2 Å². The van der Waals surface area contributed by atoms with E-state index in [1.807, 2.05) is 50.4 Å². The van der Waals surface area contributed by atoms with Gasteiger partial charge in [-0.25, -0.2) is 0 Å². The van der Waals surface area contributed by atoms with E-state index in [2.05, 4.69) is 26.7 Å². The van der Waals surface area contributed by atoms with Crippen molar-refractivity contribution < 1.29 is 13.9 Å². The minimum Gasteiger partial charge on any atom is -0.495 e. The van der Waals surface area contributed by atoms with Crippen LogP contribution in [0.3, 0.4) is 0 Å². The van der Waals surface area contributed by atoms with E-state index < -0.39 is 5.54 Å². The first-order chi connectivity index (χ1) is 18.4. The summed E-state index contributed by atoms with van der Waals surface area (Å²) in [4.78, 5) is 26.6. The summed E-state index contributed by atoms with van der Waals surface area (Å²) in [6, 6.07) is 12.5. The van der Waals surface area contributed by atoms with E-state index in [1.54, 1.807) is 19.6 Å². The normalized spacial score (nSPS) is 16.6. The number of fused-ring (bicyclic) bond motifs is 1. The van der Waals surface area contributed by atoms with Crippen LogP contribution in [0.5, 0.6) is 5.75 Å². The highest BCUT2D eigenvalue weighted by Gasteiger charge is 2.40. The van der Waals surface area contributed by atoms with Crippen molar-refractivity contribution >= 4 is 22.8 Å². The summed E-state index contributed by atoms with van der Waals surface area (Å²) in [7, 11) is 1.65. The number of nitrogens with zero attached hydrogens (tertiary/aromatic N) is 2. The van der Waals surface area contributed by atoms with Crippen molar-refractivity contribution in [3.63, 3.8) is 0 Å². The van der Waals surface area contributed by atoms with Crippen molar-refractivity contribution in [3.05, 3.63) is 72.0 Å². The minimum absolute atomic E-state index is 0.0995. The number of rotatable bonds is 10. The van der Waals surface area contributed by atoms with Crippen LogP contribution < -0.4 is 15.4 Å². The molecule has 200 valence electrons. The lowest BCUT2D eigenvalue weighted by molar-refractivity contribution is -0.125. The number of pyridine rings is 1. The number of carbonyl (C=O) groups excluding carboxylic acids is 1. The molecular weight excluding hydrogens is 478 g/mol. The number of aromatic nitrogens is 3. The van der Waals surface area contributed by atoms with Gasteiger partial charge in [0.1, 0.15) is 17.6 Å². The van der Waals surface area contributed by atoms with E-state index in [9.17, 15) is 4.79 Å². The van der Waals surface area contributed by atoms with Crippen molar-refractivity contribution in [1.82, 2.24) is 20.3 Å². The average molecular weight is 516 g/mol.